The predicted molar refractivity (Wildman–Crippen MR) is 63.0 cm³/mol. The summed E-state index contributed by atoms with van der Waals surface area (Å²) >= 11 is 5.95. The predicted octanol–water partition coefficient (Wildman–Crippen LogP) is 1.89. The summed E-state index contributed by atoms with van der Waals surface area (Å²) in [6.07, 6.45) is 1.000. The Morgan fingerprint density at radius 1 is 1.60 bits per heavy atom. The van der Waals surface area contributed by atoms with E-state index in [0.29, 0.717) is 16.5 Å². The third kappa shape index (κ3) is 2.97. The highest BCUT2D eigenvalue weighted by Crippen LogP contribution is 2.25. The maximum Gasteiger partial charge on any atom is 0.145 e. The lowest BCUT2D eigenvalue weighted by molar-refractivity contribution is 0.133. The van der Waals surface area contributed by atoms with Crippen LogP contribution in [0.25, 0.3) is 0 Å². The third-order valence-electron chi connectivity index (χ3n) is 2.35. The monoisotopic (exact) mass is 229 g/mol. The number of nitrogens with one attached hydrogen (secondary N) is 1. The summed E-state index contributed by atoms with van der Waals surface area (Å²) in [5, 5.41) is 13.0. The molecule has 0 spiro atoms. The Kier molecular flexibility index (Phi) is 3.42. The van der Waals surface area contributed by atoms with Gasteiger partial charge in [0.2, 0.25) is 0 Å². The summed E-state index contributed by atoms with van der Waals surface area (Å²) in [5.74, 6) is 0.525. The zero-order chi connectivity index (χ0) is 11.6. The Labute approximate surface area is 94.5 Å². The van der Waals surface area contributed by atoms with Crippen LogP contribution in [-0.4, -0.2) is 21.7 Å². The fourth-order valence-electron chi connectivity index (χ4n) is 0.954. The van der Waals surface area contributed by atoms with Gasteiger partial charge < -0.3 is 16.2 Å². The molecule has 0 amide bonds. The number of aromatic nitrogens is 1. The molecule has 4 nitrogen and oxygen atoms in total. The van der Waals surface area contributed by atoms with E-state index >= 15 is 0 Å². The highest BCUT2D eigenvalue weighted by molar-refractivity contribution is 6.33. The maximum atomic E-state index is 9.53. The standard InChI is InChI=1S/C10H16ClN3O/c1-6(15)10(2,3)14-9-8(11)4-7(12)5-13-9/h4-6,15H,12H2,1-3H3,(H,13,14). The van der Waals surface area contributed by atoms with Crippen LogP contribution >= 0.6 is 11.6 Å². The van der Waals surface area contributed by atoms with Crippen LogP contribution in [0.15, 0.2) is 12.3 Å². The van der Waals surface area contributed by atoms with Crippen molar-refractivity contribution in [3.05, 3.63) is 17.3 Å². The summed E-state index contributed by atoms with van der Waals surface area (Å²) in [6, 6.07) is 1.62. The molecular formula is C10H16ClN3O. The summed E-state index contributed by atoms with van der Waals surface area (Å²) < 4.78 is 0. The number of nitrogens with zero attached hydrogens (tertiary/aromatic N) is 1. The first-order valence-electron chi connectivity index (χ1n) is 4.70. The van der Waals surface area contributed by atoms with E-state index in [2.05, 4.69) is 10.3 Å². The molecule has 0 aromatic carbocycles. The van der Waals surface area contributed by atoms with Crippen LogP contribution in [0.1, 0.15) is 20.8 Å². The molecule has 0 aliphatic heterocycles. The fraction of sp³-hybridized carbons (Fsp3) is 0.500. The number of halogens is 1. The number of pyridine rings is 1. The normalized spacial score (nSPS) is 13.7. The molecule has 84 valence electrons. The molecule has 0 bridgehead atoms. The third-order valence-corrected chi connectivity index (χ3v) is 2.64. The highest BCUT2D eigenvalue weighted by Gasteiger charge is 2.24. The molecule has 0 fully saturated rings. The van der Waals surface area contributed by atoms with Crippen molar-refractivity contribution in [2.75, 3.05) is 11.1 Å². The van der Waals surface area contributed by atoms with E-state index < -0.39 is 11.6 Å². The van der Waals surface area contributed by atoms with Crippen LogP contribution in [0, 0.1) is 0 Å². The molecule has 1 heterocycles. The summed E-state index contributed by atoms with van der Waals surface area (Å²) in [4.78, 5) is 4.07. The van der Waals surface area contributed by atoms with E-state index in [9.17, 15) is 5.11 Å². The van der Waals surface area contributed by atoms with Gasteiger partial charge in [0, 0.05) is 0 Å². The van der Waals surface area contributed by atoms with Gasteiger partial charge in [-0.2, -0.15) is 0 Å². The number of hydrogen-bond donors (Lipinski definition) is 3. The number of nitrogens with two attached hydrogens (primary N) is 1. The molecule has 0 saturated heterocycles. The lowest BCUT2D eigenvalue weighted by Gasteiger charge is -2.30. The lowest BCUT2D eigenvalue weighted by atomic mass is 9.99. The SMILES string of the molecule is CC(O)C(C)(C)Nc1ncc(N)cc1Cl. The number of aliphatic hydroxyl groups is 1. The Bertz CT molecular complexity index is 353. The smallest absolute Gasteiger partial charge is 0.145 e. The molecule has 0 aliphatic rings. The van der Waals surface area contributed by atoms with Gasteiger partial charge in [-0.25, -0.2) is 4.98 Å². The van der Waals surface area contributed by atoms with Gasteiger partial charge in [-0.1, -0.05) is 11.6 Å². The minimum Gasteiger partial charge on any atom is -0.397 e. The van der Waals surface area contributed by atoms with Crippen LogP contribution in [0.2, 0.25) is 5.02 Å². The van der Waals surface area contributed by atoms with E-state index in [-0.39, 0.29) is 0 Å². The zero-order valence-corrected chi connectivity index (χ0v) is 9.84. The number of rotatable bonds is 3. The largest absolute Gasteiger partial charge is 0.397 e. The van der Waals surface area contributed by atoms with E-state index in [4.69, 9.17) is 17.3 Å². The number of nitrogen functional groups attached to an aromatic ring is 1. The number of aliphatic hydroxyl groups excluding tert-OH is 1. The average Bonchev–Trinajstić information content (AvgIpc) is 2.09. The molecular weight excluding hydrogens is 214 g/mol. The number of hydrogen-bond acceptors (Lipinski definition) is 4. The molecule has 15 heavy (non-hydrogen) atoms. The molecule has 1 unspecified atom stereocenters. The van der Waals surface area contributed by atoms with Gasteiger partial charge in [-0.3, -0.25) is 0 Å². The van der Waals surface area contributed by atoms with Crippen molar-refractivity contribution >= 4 is 23.1 Å². The Morgan fingerprint density at radius 3 is 2.67 bits per heavy atom. The maximum absolute atomic E-state index is 9.53. The molecule has 5 heteroatoms. The van der Waals surface area contributed by atoms with Gasteiger partial charge in [0.25, 0.3) is 0 Å². The fourth-order valence-corrected chi connectivity index (χ4v) is 1.18. The average molecular weight is 230 g/mol. The first kappa shape index (κ1) is 12.1. The van der Waals surface area contributed by atoms with E-state index in [1.165, 1.54) is 6.20 Å². The first-order valence-corrected chi connectivity index (χ1v) is 5.08. The molecule has 1 aromatic rings. The van der Waals surface area contributed by atoms with Crippen molar-refractivity contribution in [2.24, 2.45) is 0 Å². The van der Waals surface area contributed by atoms with Gasteiger partial charge >= 0.3 is 0 Å². The molecule has 0 aliphatic carbocycles. The number of anilines is 2. The molecule has 0 radical (unpaired) electrons. The Hall–Kier alpha value is -1.00. The lowest BCUT2D eigenvalue weighted by Crippen LogP contribution is -2.42. The van der Waals surface area contributed by atoms with E-state index in [1.54, 1.807) is 13.0 Å². The zero-order valence-electron chi connectivity index (χ0n) is 9.08. The molecule has 0 saturated carbocycles. The van der Waals surface area contributed by atoms with Gasteiger partial charge in [0.1, 0.15) is 5.82 Å². The highest BCUT2D eigenvalue weighted by atomic mass is 35.5. The Morgan fingerprint density at radius 2 is 2.20 bits per heavy atom. The van der Waals surface area contributed by atoms with E-state index in [0.717, 1.165) is 0 Å². The minimum atomic E-state index is -0.520. The second-order valence-electron chi connectivity index (χ2n) is 4.12. The van der Waals surface area contributed by atoms with Gasteiger partial charge in [-0.05, 0) is 26.8 Å². The van der Waals surface area contributed by atoms with Gasteiger partial charge in [0.05, 0.1) is 28.5 Å². The van der Waals surface area contributed by atoms with Crippen LogP contribution in [0.3, 0.4) is 0 Å². The van der Waals surface area contributed by atoms with Crippen LogP contribution < -0.4 is 11.1 Å². The second kappa shape index (κ2) is 4.24. The van der Waals surface area contributed by atoms with Crippen molar-refractivity contribution in [2.45, 2.75) is 32.4 Å². The Balaban J connectivity index is 2.90. The first-order chi connectivity index (χ1) is 6.83. The molecule has 4 N–H and O–H groups in total. The molecule has 1 atom stereocenters. The molecule has 1 aromatic heterocycles. The van der Waals surface area contributed by atoms with Crippen molar-refractivity contribution in [3.8, 4) is 0 Å². The minimum absolute atomic E-state index is 0.448. The van der Waals surface area contributed by atoms with Crippen LogP contribution in [0.5, 0.6) is 0 Å². The van der Waals surface area contributed by atoms with Gasteiger partial charge in [-0.15, -0.1) is 0 Å². The second-order valence-corrected chi connectivity index (χ2v) is 4.53. The van der Waals surface area contributed by atoms with E-state index in [1.807, 2.05) is 13.8 Å². The van der Waals surface area contributed by atoms with Crippen molar-refractivity contribution in [1.82, 2.24) is 4.98 Å². The summed E-state index contributed by atoms with van der Waals surface area (Å²) in [6.45, 7) is 5.44. The summed E-state index contributed by atoms with van der Waals surface area (Å²) in [5.41, 5.74) is 5.55. The quantitative estimate of drug-likeness (QED) is 0.740. The summed E-state index contributed by atoms with van der Waals surface area (Å²) in [7, 11) is 0. The van der Waals surface area contributed by atoms with Crippen LogP contribution in [0.4, 0.5) is 11.5 Å². The molecule has 1 rings (SSSR count). The van der Waals surface area contributed by atoms with Crippen LogP contribution in [-0.2, 0) is 0 Å². The van der Waals surface area contributed by atoms with Crippen molar-refractivity contribution in [3.63, 3.8) is 0 Å². The van der Waals surface area contributed by atoms with Crippen molar-refractivity contribution < 1.29 is 5.11 Å². The van der Waals surface area contributed by atoms with Gasteiger partial charge in [0.15, 0.2) is 0 Å². The topological polar surface area (TPSA) is 71.2 Å². The van der Waals surface area contributed by atoms with Crippen molar-refractivity contribution in [1.29, 1.82) is 0 Å².